The predicted octanol–water partition coefficient (Wildman–Crippen LogP) is 2.70. The Morgan fingerprint density at radius 1 is 1.09 bits per heavy atom. The number of aliphatic hydroxyl groups is 1. The molecule has 122 valence electrons. The lowest BCUT2D eigenvalue weighted by molar-refractivity contribution is 0.0627. The Kier molecular flexibility index (Phi) is 4.59. The second kappa shape index (κ2) is 6.64. The highest BCUT2D eigenvalue weighted by Gasteiger charge is 2.35. The number of β-amino-alcohol motifs (C(OH)–C–C–N with tert-alkyl or cyclic N) is 1. The molecule has 0 radical (unpaired) electrons. The van der Waals surface area contributed by atoms with Gasteiger partial charge in [-0.25, -0.2) is 8.78 Å². The SMILES string of the molecule is OC1(CNCc2cc(F)cc(F)c2)CCN(c2ccccc2)C1. The van der Waals surface area contributed by atoms with E-state index < -0.39 is 17.2 Å². The average molecular weight is 318 g/mol. The van der Waals surface area contributed by atoms with Crippen molar-refractivity contribution in [1.29, 1.82) is 0 Å². The number of para-hydroxylation sites is 1. The molecule has 5 heteroatoms. The molecule has 2 aromatic carbocycles. The fourth-order valence-electron chi connectivity index (χ4n) is 3.01. The van der Waals surface area contributed by atoms with Crippen molar-refractivity contribution in [2.45, 2.75) is 18.6 Å². The quantitative estimate of drug-likeness (QED) is 0.890. The normalized spacial score (nSPS) is 20.9. The Morgan fingerprint density at radius 2 is 1.78 bits per heavy atom. The highest BCUT2D eigenvalue weighted by Crippen LogP contribution is 2.26. The molecule has 1 saturated heterocycles. The van der Waals surface area contributed by atoms with Crippen molar-refractivity contribution in [3.8, 4) is 0 Å². The van der Waals surface area contributed by atoms with Crippen LogP contribution in [0.4, 0.5) is 14.5 Å². The number of halogens is 2. The fraction of sp³-hybridized carbons (Fsp3) is 0.333. The first kappa shape index (κ1) is 15.9. The summed E-state index contributed by atoms with van der Waals surface area (Å²) in [5, 5.41) is 13.8. The molecule has 3 rings (SSSR count). The molecule has 1 unspecified atom stereocenters. The van der Waals surface area contributed by atoms with E-state index >= 15 is 0 Å². The summed E-state index contributed by atoms with van der Waals surface area (Å²) < 4.78 is 26.3. The smallest absolute Gasteiger partial charge is 0.126 e. The van der Waals surface area contributed by atoms with Gasteiger partial charge in [0.1, 0.15) is 11.6 Å². The minimum atomic E-state index is -0.832. The van der Waals surface area contributed by atoms with Crippen LogP contribution in [0, 0.1) is 11.6 Å². The summed E-state index contributed by atoms with van der Waals surface area (Å²) in [6, 6.07) is 13.4. The Labute approximate surface area is 134 Å². The number of rotatable bonds is 5. The van der Waals surface area contributed by atoms with Crippen LogP contribution in [0.3, 0.4) is 0 Å². The Balaban J connectivity index is 1.54. The van der Waals surface area contributed by atoms with Crippen LogP contribution in [0.25, 0.3) is 0 Å². The van der Waals surface area contributed by atoms with Gasteiger partial charge in [-0.1, -0.05) is 18.2 Å². The van der Waals surface area contributed by atoms with Gasteiger partial charge >= 0.3 is 0 Å². The van der Waals surface area contributed by atoms with Gasteiger partial charge in [0.2, 0.25) is 0 Å². The fourth-order valence-corrected chi connectivity index (χ4v) is 3.01. The summed E-state index contributed by atoms with van der Waals surface area (Å²) in [4.78, 5) is 2.14. The van der Waals surface area contributed by atoms with Crippen LogP contribution in [0.15, 0.2) is 48.5 Å². The van der Waals surface area contributed by atoms with E-state index in [1.807, 2.05) is 30.3 Å². The molecular weight excluding hydrogens is 298 g/mol. The lowest BCUT2D eigenvalue weighted by Crippen LogP contribution is -2.42. The van der Waals surface area contributed by atoms with Gasteiger partial charge < -0.3 is 15.3 Å². The number of nitrogens with one attached hydrogen (secondary N) is 1. The summed E-state index contributed by atoms with van der Waals surface area (Å²) in [6.45, 7) is 2.04. The largest absolute Gasteiger partial charge is 0.387 e. The number of hydrogen-bond acceptors (Lipinski definition) is 3. The van der Waals surface area contributed by atoms with E-state index in [0.29, 0.717) is 31.6 Å². The van der Waals surface area contributed by atoms with Crippen LogP contribution in [0.1, 0.15) is 12.0 Å². The van der Waals surface area contributed by atoms with Crippen LogP contribution < -0.4 is 10.2 Å². The van der Waals surface area contributed by atoms with Crippen molar-refractivity contribution in [1.82, 2.24) is 5.32 Å². The molecule has 1 fully saturated rings. The third-order valence-corrected chi connectivity index (χ3v) is 4.16. The summed E-state index contributed by atoms with van der Waals surface area (Å²) >= 11 is 0. The second-order valence-electron chi connectivity index (χ2n) is 6.11. The van der Waals surface area contributed by atoms with E-state index in [0.717, 1.165) is 18.3 Å². The van der Waals surface area contributed by atoms with E-state index in [9.17, 15) is 13.9 Å². The van der Waals surface area contributed by atoms with Gasteiger partial charge in [-0.3, -0.25) is 0 Å². The van der Waals surface area contributed by atoms with Crippen molar-refractivity contribution >= 4 is 5.69 Å². The van der Waals surface area contributed by atoms with Crippen molar-refractivity contribution in [2.24, 2.45) is 0 Å². The lowest BCUT2D eigenvalue weighted by atomic mass is 10.0. The molecule has 0 aromatic heterocycles. The third-order valence-electron chi connectivity index (χ3n) is 4.16. The Hall–Kier alpha value is -1.98. The van der Waals surface area contributed by atoms with Gasteiger partial charge in [0, 0.05) is 37.9 Å². The maximum Gasteiger partial charge on any atom is 0.126 e. The van der Waals surface area contributed by atoms with Gasteiger partial charge in [-0.2, -0.15) is 0 Å². The summed E-state index contributed by atoms with van der Waals surface area (Å²) in [7, 11) is 0. The Morgan fingerprint density at radius 3 is 2.48 bits per heavy atom. The van der Waals surface area contributed by atoms with Gasteiger partial charge in [0.15, 0.2) is 0 Å². The van der Waals surface area contributed by atoms with Crippen LogP contribution in [0.5, 0.6) is 0 Å². The van der Waals surface area contributed by atoms with Crippen LogP contribution in [-0.4, -0.2) is 30.3 Å². The molecule has 0 aliphatic carbocycles. The zero-order valence-corrected chi connectivity index (χ0v) is 12.8. The summed E-state index contributed by atoms with van der Waals surface area (Å²) in [5.41, 5.74) is 0.793. The molecule has 2 N–H and O–H groups in total. The monoisotopic (exact) mass is 318 g/mol. The van der Waals surface area contributed by atoms with Crippen LogP contribution >= 0.6 is 0 Å². The summed E-state index contributed by atoms with van der Waals surface area (Å²) in [6.07, 6.45) is 0.659. The molecule has 1 aliphatic rings. The predicted molar refractivity (Wildman–Crippen MR) is 86.3 cm³/mol. The van der Waals surface area contributed by atoms with Crippen molar-refractivity contribution < 1.29 is 13.9 Å². The molecule has 0 bridgehead atoms. The molecular formula is C18H20F2N2O. The first-order valence-corrected chi connectivity index (χ1v) is 7.72. The Bertz CT molecular complexity index is 645. The van der Waals surface area contributed by atoms with Crippen LogP contribution in [0.2, 0.25) is 0 Å². The average Bonchev–Trinajstić information content (AvgIpc) is 2.90. The molecule has 1 aliphatic heterocycles. The first-order chi connectivity index (χ1) is 11.0. The van der Waals surface area contributed by atoms with E-state index in [-0.39, 0.29) is 0 Å². The third kappa shape index (κ3) is 4.06. The zero-order valence-electron chi connectivity index (χ0n) is 12.8. The van der Waals surface area contributed by atoms with Gasteiger partial charge in [0.05, 0.1) is 5.60 Å². The number of benzene rings is 2. The van der Waals surface area contributed by atoms with E-state index in [2.05, 4.69) is 10.2 Å². The molecule has 3 nitrogen and oxygen atoms in total. The molecule has 23 heavy (non-hydrogen) atoms. The number of hydrogen-bond donors (Lipinski definition) is 2. The minimum absolute atomic E-state index is 0.322. The standard InChI is InChI=1S/C18H20F2N2O/c19-15-8-14(9-16(20)10-15)11-21-12-18(23)6-7-22(13-18)17-4-2-1-3-5-17/h1-5,8-10,21,23H,6-7,11-13H2. The molecule has 2 aromatic rings. The van der Waals surface area contributed by atoms with Gasteiger partial charge in [-0.15, -0.1) is 0 Å². The minimum Gasteiger partial charge on any atom is -0.387 e. The van der Waals surface area contributed by atoms with Crippen molar-refractivity contribution in [3.63, 3.8) is 0 Å². The highest BCUT2D eigenvalue weighted by molar-refractivity contribution is 5.47. The van der Waals surface area contributed by atoms with Gasteiger partial charge in [0.25, 0.3) is 0 Å². The zero-order chi connectivity index (χ0) is 16.3. The molecule has 1 atom stereocenters. The molecule has 0 saturated carbocycles. The number of anilines is 1. The summed E-state index contributed by atoms with van der Waals surface area (Å²) in [5.74, 6) is -1.17. The maximum atomic E-state index is 13.1. The number of nitrogens with zero attached hydrogens (tertiary/aromatic N) is 1. The lowest BCUT2D eigenvalue weighted by Gasteiger charge is -2.25. The molecule has 1 heterocycles. The van der Waals surface area contributed by atoms with E-state index in [1.165, 1.54) is 12.1 Å². The second-order valence-corrected chi connectivity index (χ2v) is 6.11. The first-order valence-electron chi connectivity index (χ1n) is 7.72. The molecule has 0 amide bonds. The molecule has 0 spiro atoms. The van der Waals surface area contributed by atoms with Crippen molar-refractivity contribution in [2.75, 3.05) is 24.5 Å². The topological polar surface area (TPSA) is 35.5 Å². The van der Waals surface area contributed by atoms with Crippen LogP contribution in [-0.2, 0) is 6.54 Å². The van der Waals surface area contributed by atoms with Gasteiger partial charge in [-0.05, 0) is 36.2 Å². The van der Waals surface area contributed by atoms with Crippen molar-refractivity contribution in [3.05, 3.63) is 65.7 Å². The van der Waals surface area contributed by atoms with E-state index in [4.69, 9.17) is 0 Å². The maximum absolute atomic E-state index is 13.1. The van der Waals surface area contributed by atoms with E-state index in [1.54, 1.807) is 0 Å². The highest BCUT2D eigenvalue weighted by atomic mass is 19.1.